The maximum absolute atomic E-state index is 5.80. The van der Waals surface area contributed by atoms with Gasteiger partial charge in [0.1, 0.15) is 5.75 Å². The van der Waals surface area contributed by atoms with Gasteiger partial charge >= 0.3 is 0 Å². The van der Waals surface area contributed by atoms with Crippen molar-refractivity contribution in [2.75, 3.05) is 11.9 Å². The summed E-state index contributed by atoms with van der Waals surface area (Å²) in [4.78, 5) is 0. The van der Waals surface area contributed by atoms with Crippen LogP contribution in [0, 0.1) is 17.8 Å². The van der Waals surface area contributed by atoms with Crippen LogP contribution in [0.4, 0.5) is 5.69 Å². The predicted octanol–water partition coefficient (Wildman–Crippen LogP) is 4.96. The van der Waals surface area contributed by atoms with E-state index in [-0.39, 0.29) is 0 Å². The lowest BCUT2D eigenvalue weighted by Crippen LogP contribution is -2.30. The Kier molecular flexibility index (Phi) is 5.33. The molecule has 0 aromatic heterocycles. The fraction of sp³-hybridized carbons (Fsp3) is 0.667. The van der Waals surface area contributed by atoms with Gasteiger partial charge in [-0.25, -0.2) is 0 Å². The third-order valence-electron chi connectivity index (χ3n) is 4.39. The zero-order valence-corrected chi connectivity index (χ0v) is 13.4. The largest absolute Gasteiger partial charge is 0.493 e. The Bertz CT molecular complexity index is 416. The summed E-state index contributed by atoms with van der Waals surface area (Å²) in [7, 11) is 0. The molecule has 1 aliphatic rings. The third-order valence-corrected chi connectivity index (χ3v) is 4.39. The minimum atomic E-state index is 0.562. The minimum Gasteiger partial charge on any atom is -0.493 e. The number of hydrogen-bond acceptors (Lipinski definition) is 2. The van der Waals surface area contributed by atoms with E-state index in [1.807, 2.05) is 6.07 Å². The molecule has 0 spiro atoms. The number of rotatable bonds is 5. The van der Waals surface area contributed by atoms with E-state index >= 15 is 0 Å². The van der Waals surface area contributed by atoms with Crippen LogP contribution >= 0.6 is 0 Å². The molecule has 112 valence electrons. The van der Waals surface area contributed by atoms with Gasteiger partial charge in [0.25, 0.3) is 0 Å². The number of nitrogens with one attached hydrogen (secondary N) is 1. The molecule has 2 nitrogen and oxygen atoms in total. The Hall–Kier alpha value is -1.18. The lowest BCUT2D eigenvalue weighted by atomic mass is 9.79. The fourth-order valence-corrected chi connectivity index (χ4v) is 2.85. The molecule has 1 aromatic carbocycles. The van der Waals surface area contributed by atoms with E-state index in [0.29, 0.717) is 12.0 Å². The van der Waals surface area contributed by atoms with Gasteiger partial charge in [0.05, 0.1) is 6.61 Å². The standard InChI is InChI=1S/C18H29NO/c1-13(2)12-20-18-7-5-6-16(11-18)19-17-9-8-14(3)15(4)10-17/h5-7,11,13-15,17,19H,8-10,12H2,1-4H3. The first-order valence-corrected chi connectivity index (χ1v) is 8.04. The van der Waals surface area contributed by atoms with Crippen molar-refractivity contribution in [3.63, 3.8) is 0 Å². The van der Waals surface area contributed by atoms with Crippen LogP contribution in [-0.4, -0.2) is 12.6 Å². The molecule has 0 saturated heterocycles. The van der Waals surface area contributed by atoms with Crippen molar-refractivity contribution >= 4 is 5.69 Å². The van der Waals surface area contributed by atoms with E-state index in [1.54, 1.807) is 0 Å². The van der Waals surface area contributed by atoms with Gasteiger partial charge in [-0.05, 0) is 49.1 Å². The van der Waals surface area contributed by atoms with Crippen molar-refractivity contribution in [3.05, 3.63) is 24.3 Å². The quantitative estimate of drug-likeness (QED) is 0.820. The number of hydrogen-bond donors (Lipinski definition) is 1. The van der Waals surface area contributed by atoms with E-state index in [9.17, 15) is 0 Å². The molecular formula is C18H29NO. The fourth-order valence-electron chi connectivity index (χ4n) is 2.85. The molecule has 1 saturated carbocycles. The van der Waals surface area contributed by atoms with Crippen LogP contribution in [0.2, 0.25) is 0 Å². The first-order valence-electron chi connectivity index (χ1n) is 8.04. The summed E-state index contributed by atoms with van der Waals surface area (Å²) in [6.45, 7) is 9.88. The van der Waals surface area contributed by atoms with E-state index in [2.05, 4.69) is 51.2 Å². The summed E-state index contributed by atoms with van der Waals surface area (Å²) in [5.41, 5.74) is 1.19. The van der Waals surface area contributed by atoms with Gasteiger partial charge in [-0.1, -0.05) is 33.8 Å². The first kappa shape index (κ1) is 15.2. The number of benzene rings is 1. The highest BCUT2D eigenvalue weighted by Crippen LogP contribution is 2.31. The van der Waals surface area contributed by atoms with Gasteiger partial charge in [-0.3, -0.25) is 0 Å². The molecule has 3 atom stereocenters. The van der Waals surface area contributed by atoms with Crippen LogP contribution < -0.4 is 10.1 Å². The Morgan fingerprint density at radius 2 is 2.00 bits per heavy atom. The van der Waals surface area contributed by atoms with Crippen LogP contribution in [0.25, 0.3) is 0 Å². The summed E-state index contributed by atoms with van der Waals surface area (Å²) in [5.74, 6) is 3.23. The molecular weight excluding hydrogens is 246 g/mol. The summed E-state index contributed by atoms with van der Waals surface area (Å²) < 4.78 is 5.80. The second-order valence-electron chi connectivity index (χ2n) is 6.84. The second kappa shape index (κ2) is 7.01. The van der Waals surface area contributed by atoms with Crippen LogP contribution in [-0.2, 0) is 0 Å². The predicted molar refractivity (Wildman–Crippen MR) is 86.4 cm³/mol. The molecule has 0 amide bonds. The van der Waals surface area contributed by atoms with E-state index in [4.69, 9.17) is 4.74 Å². The molecule has 1 aliphatic carbocycles. The maximum atomic E-state index is 5.80. The van der Waals surface area contributed by atoms with Crippen molar-refractivity contribution in [1.82, 2.24) is 0 Å². The SMILES string of the molecule is CC(C)COc1cccc(NC2CCC(C)C(C)C2)c1. The number of anilines is 1. The van der Waals surface area contributed by atoms with Crippen molar-refractivity contribution in [2.24, 2.45) is 17.8 Å². The summed E-state index contributed by atoms with van der Waals surface area (Å²) in [6.07, 6.45) is 3.89. The normalized spacial score (nSPS) is 26.6. The van der Waals surface area contributed by atoms with Crippen LogP contribution in [0.15, 0.2) is 24.3 Å². The molecule has 3 unspecified atom stereocenters. The maximum Gasteiger partial charge on any atom is 0.121 e. The van der Waals surface area contributed by atoms with Gasteiger partial charge in [0.15, 0.2) is 0 Å². The molecule has 20 heavy (non-hydrogen) atoms. The minimum absolute atomic E-state index is 0.562. The van der Waals surface area contributed by atoms with Gasteiger partial charge < -0.3 is 10.1 Å². The zero-order chi connectivity index (χ0) is 14.5. The lowest BCUT2D eigenvalue weighted by Gasteiger charge is -2.33. The highest BCUT2D eigenvalue weighted by atomic mass is 16.5. The van der Waals surface area contributed by atoms with Crippen molar-refractivity contribution in [2.45, 2.75) is 53.0 Å². The zero-order valence-electron chi connectivity index (χ0n) is 13.4. The Morgan fingerprint density at radius 3 is 2.70 bits per heavy atom. The third kappa shape index (κ3) is 4.43. The van der Waals surface area contributed by atoms with Crippen molar-refractivity contribution < 1.29 is 4.74 Å². The van der Waals surface area contributed by atoms with Crippen LogP contribution in [0.5, 0.6) is 5.75 Å². The molecule has 1 fully saturated rings. The molecule has 0 radical (unpaired) electrons. The van der Waals surface area contributed by atoms with E-state index in [1.165, 1.54) is 24.9 Å². The molecule has 2 heteroatoms. The molecule has 1 N–H and O–H groups in total. The Labute approximate surface area is 123 Å². The topological polar surface area (TPSA) is 21.3 Å². The molecule has 1 aromatic rings. The van der Waals surface area contributed by atoms with Gasteiger partial charge in [-0.2, -0.15) is 0 Å². The van der Waals surface area contributed by atoms with Gasteiger partial charge in [0.2, 0.25) is 0 Å². The molecule has 0 heterocycles. The van der Waals surface area contributed by atoms with Gasteiger partial charge in [-0.15, -0.1) is 0 Å². The first-order chi connectivity index (χ1) is 9.54. The number of ether oxygens (including phenoxy) is 1. The molecule has 2 rings (SSSR count). The highest BCUT2D eigenvalue weighted by molar-refractivity contribution is 5.48. The monoisotopic (exact) mass is 275 g/mol. The summed E-state index contributed by atoms with van der Waals surface area (Å²) >= 11 is 0. The van der Waals surface area contributed by atoms with E-state index < -0.39 is 0 Å². The summed E-state index contributed by atoms with van der Waals surface area (Å²) in [5, 5.41) is 3.68. The van der Waals surface area contributed by atoms with Crippen molar-refractivity contribution in [3.8, 4) is 5.75 Å². The Morgan fingerprint density at radius 1 is 1.20 bits per heavy atom. The Balaban J connectivity index is 1.91. The smallest absolute Gasteiger partial charge is 0.121 e. The summed E-state index contributed by atoms with van der Waals surface area (Å²) in [6, 6.07) is 9.00. The molecule has 0 bridgehead atoms. The highest BCUT2D eigenvalue weighted by Gasteiger charge is 2.24. The van der Waals surface area contributed by atoms with Crippen molar-refractivity contribution in [1.29, 1.82) is 0 Å². The second-order valence-corrected chi connectivity index (χ2v) is 6.84. The average Bonchev–Trinajstić information content (AvgIpc) is 2.41. The average molecular weight is 275 g/mol. The van der Waals surface area contributed by atoms with Crippen LogP contribution in [0.3, 0.4) is 0 Å². The van der Waals surface area contributed by atoms with Gasteiger partial charge in [0, 0.05) is 17.8 Å². The van der Waals surface area contributed by atoms with E-state index in [0.717, 1.165) is 24.2 Å². The lowest BCUT2D eigenvalue weighted by molar-refractivity contribution is 0.260. The molecule has 0 aliphatic heterocycles. The van der Waals surface area contributed by atoms with Crippen LogP contribution in [0.1, 0.15) is 47.0 Å².